The Bertz CT molecular complexity index is 602. The minimum absolute atomic E-state index is 0.816. The zero-order chi connectivity index (χ0) is 14.7. The molecule has 0 atom stereocenters. The Hall–Kier alpha value is -1.61. The molecule has 1 fully saturated rings. The van der Waals surface area contributed by atoms with E-state index in [1.165, 1.54) is 44.2 Å². The van der Waals surface area contributed by atoms with Gasteiger partial charge in [0.15, 0.2) is 0 Å². The van der Waals surface area contributed by atoms with Crippen LogP contribution in [-0.4, -0.2) is 23.5 Å². The molecule has 1 aliphatic rings. The van der Waals surface area contributed by atoms with Gasteiger partial charge >= 0.3 is 0 Å². The number of pyridine rings is 1. The molecule has 21 heavy (non-hydrogen) atoms. The summed E-state index contributed by atoms with van der Waals surface area (Å²) in [5.41, 5.74) is 9.19. The smallest absolute Gasteiger partial charge is 0.0767 e. The van der Waals surface area contributed by atoms with Crippen molar-refractivity contribution in [3.8, 4) is 0 Å². The van der Waals surface area contributed by atoms with Crippen molar-refractivity contribution in [2.24, 2.45) is 5.92 Å². The lowest BCUT2D eigenvalue weighted by atomic mass is 9.89. The Balaban J connectivity index is 1.73. The van der Waals surface area contributed by atoms with Crippen LogP contribution in [0, 0.1) is 5.92 Å². The Labute approximate surface area is 127 Å². The highest BCUT2D eigenvalue weighted by Gasteiger charge is 2.16. The monoisotopic (exact) mass is 283 g/mol. The average Bonchev–Trinajstić information content (AvgIpc) is 2.51. The number of nitrogens with zero attached hydrogens (tertiary/aromatic N) is 2. The predicted molar refractivity (Wildman–Crippen MR) is 89.1 cm³/mol. The molecule has 112 valence electrons. The van der Waals surface area contributed by atoms with Crippen LogP contribution in [0.3, 0.4) is 0 Å². The minimum atomic E-state index is 0.816. The molecule has 3 nitrogen and oxygen atoms in total. The van der Waals surface area contributed by atoms with E-state index in [2.05, 4.69) is 29.1 Å². The quantitative estimate of drug-likeness (QED) is 0.867. The van der Waals surface area contributed by atoms with Gasteiger partial charge in [-0.25, -0.2) is 0 Å². The summed E-state index contributed by atoms with van der Waals surface area (Å²) >= 11 is 0. The predicted octanol–water partition coefficient (Wildman–Crippen LogP) is 3.83. The van der Waals surface area contributed by atoms with E-state index in [1.807, 2.05) is 18.3 Å². The van der Waals surface area contributed by atoms with Gasteiger partial charge < -0.3 is 10.6 Å². The third kappa shape index (κ3) is 3.35. The third-order valence-corrected chi connectivity index (χ3v) is 4.62. The molecule has 1 heterocycles. The van der Waals surface area contributed by atoms with Gasteiger partial charge in [0.05, 0.1) is 5.52 Å². The van der Waals surface area contributed by atoms with Gasteiger partial charge in [-0.05, 0) is 49.6 Å². The largest absolute Gasteiger partial charge is 0.398 e. The molecule has 0 spiro atoms. The number of anilines is 1. The van der Waals surface area contributed by atoms with Crippen molar-refractivity contribution < 1.29 is 0 Å². The van der Waals surface area contributed by atoms with Crippen molar-refractivity contribution in [2.75, 3.05) is 19.3 Å². The molecule has 0 saturated heterocycles. The summed E-state index contributed by atoms with van der Waals surface area (Å²) in [7, 11) is 2.22. The van der Waals surface area contributed by atoms with Crippen molar-refractivity contribution in [3.63, 3.8) is 0 Å². The topological polar surface area (TPSA) is 42.1 Å². The third-order valence-electron chi connectivity index (χ3n) is 4.62. The maximum absolute atomic E-state index is 6.05. The molecule has 1 aromatic carbocycles. The van der Waals surface area contributed by atoms with Crippen LogP contribution < -0.4 is 5.73 Å². The second-order valence-electron chi connectivity index (χ2n) is 6.41. The molecule has 2 aromatic rings. The molecule has 1 aromatic heterocycles. The zero-order valence-corrected chi connectivity index (χ0v) is 12.9. The van der Waals surface area contributed by atoms with E-state index in [0.717, 1.165) is 29.1 Å². The standard InChI is InChI=1S/C18H25N3/c1-21(12-14-6-3-2-4-7-14)13-15-9-10-17(19)16-8-5-11-20-18(15)16/h5,8-11,14H,2-4,6-7,12-13,19H2,1H3. The number of rotatable bonds is 4. The van der Waals surface area contributed by atoms with E-state index in [-0.39, 0.29) is 0 Å². The SMILES string of the molecule is CN(Cc1ccc(N)c2cccnc12)CC1CCCCC1. The number of hydrogen-bond acceptors (Lipinski definition) is 3. The molecular weight excluding hydrogens is 258 g/mol. The molecule has 1 aliphatic carbocycles. The number of nitrogens with two attached hydrogens (primary N) is 1. The number of benzene rings is 1. The molecule has 0 radical (unpaired) electrons. The van der Waals surface area contributed by atoms with Gasteiger partial charge in [0, 0.05) is 30.4 Å². The van der Waals surface area contributed by atoms with E-state index < -0.39 is 0 Å². The maximum atomic E-state index is 6.05. The van der Waals surface area contributed by atoms with Gasteiger partial charge in [-0.3, -0.25) is 4.98 Å². The summed E-state index contributed by atoms with van der Waals surface area (Å²) < 4.78 is 0. The van der Waals surface area contributed by atoms with E-state index in [0.29, 0.717) is 0 Å². The van der Waals surface area contributed by atoms with E-state index in [1.54, 1.807) is 0 Å². The van der Waals surface area contributed by atoms with E-state index in [9.17, 15) is 0 Å². The first kappa shape index (κ1) is 14.3. The average molecular weight is 283 g/mol. The Morgan fingerprint density at radius 3 is 2.81 bits per heavy atom. The summed E-state index contributed by atoms with van der Waals surface area (Å²) in [6, 6.07) is 8.15. The molecule has 0 unspecified atom stereocenters. The summed E-state index contributed by atoms with van der Waals surface area (Å²) in [6.07, 6.45) is 8.88. The van der Waals surface area contributed by atoms with Crippen molar-refractivity contribution in [1.29, 1.82) is 0 Å². The van der Waals surface area contributed by atoms with Gasteiger partial charge in [-0.15, -0.1) is 0 Å². The highest BCUT2D eigenvalue weighted by molar-refractivity contribution is 5.92. The molecule has 1 saturated carbocycles. The van der Waals surface area contributed by atoms with Crippen LogP contribution in [-0.2, 0) is 6.54 Å². The Kier molecular flexibility index (Phi) is 4.39. The van der Waals surface area contributed by atoms with Gasteiger partial charge in [0.2, 0.25) is 0 Å². The summed E-state index contributed by atoms with van der Waals surface area (Å²) in [5.74, 6) is 0.872. The first-order chi connectivity index (χ1) is 10.2. The molecule has 0 bridgehead atoms. The summed E-state index contributed by atoms with van der Waals surface area (Å²) in [6.45, 7) is 2.14. The molecule has 3 heteroatoms. The molecule has 2 N–H and O–H groups in total. The fourth-order valence-electron chi connectivity index (χ4n) is 3.55. The van der Waals surface area contributed by atoms with Gasteiger partial charge in [0.1, 0.15) is 0 Å². The van der Waals surface area contributed by atoms with Crippen molar-refractivity contribution >= 4 is 16.6 Å². The number of fused-ring (bicyclic) bond motifs is 1. The van der Waals surface area contributed by atoms with E-state index in [4.69, 9.17) is 5.73 Å². The van der Waals surface area contributed by atoms with Crippen LogP contribution in [0.2, 0.25) is 0 Å². The lowest BCUT2D eigenvalue weighted by molar-refractivity contribution is 0.228. The van der Waals surface area contributed by atoms with Crippen LogP contribution in [0.5, 0.6) is 0 Å². The lowest BCUT2D eigenvalue weighted by Gasteiger charge is -2.27. The zero-order valence-electron chi connectivity index (χ0n) is 12.9. The molecular formula is C18H25N3. The summed E-state index contributed by atoms with van der Waals surface area (Å²) in [4.78, 5) is 6.98. The van der Waals surface area contributed by atoms with Crippen molar-refractivity contribution in [1.82, 2.24) is 9.88 Å². The van der Waals surface area contributed by atoms with Crippen LogP contribution in [0.25, 0.3) is 10.9 Å². The second-order valence-corrected chi connectivity index (χ2v) is 6.41. The van der Waals surface area contributed by atoms with E-state index >= 15 is 0 Å². The Morgan fingerprint density at radius 1 is 1.19 bits per heavy atom. The second kappa shape index (κ2) is 6.44. The highest BCUT2D eigenvalue weighted by atomic mass is 15.1. The van der Waals surface area contributed by atoms with Crippen LogP contribution in [0.15, 0.2) is 30.5 Å². The van der Waals surface area contributed by atoms with Crippen LogP contribution >= 0.6 is 0 Å². The molecule has 0 aliphatic heterocycles. The van der Waals surface area contributed by atoms with Gasteiger partial charge in [-0.2, -0.15) is 0 Å². The normalized spacial score (nSPS) is 16.7. The first-order valence-electron chi connectivity index (χ1n) is 8.04. The fourth-order valence-corrected chi connectivity index (χ4v) is 3.55. The van der Waals surface area contributed by atoms with Crippen molar-refractivity contribution in [2.45, 2.75) is 38.6 Å². The highest BCUT2D eigenvalue weighted by Crippen LogP contribution is 2.26. The Morgan fingerprint density at radius 2 is 2.00 bits per heavy atom. The van der Waals surface area contributed by atoms with Crippen molar-refractivity contribution in [3.05, 3.63) is 36.0 Å². The fraction of sp³-hybridized carbons (Fsp3) is 0.500. The molecule has 0 amide bonds. The lowest BCUT2D eigenvalue weighted by Crippen LogP contribution is -2.26. The number of nitrogen functional groups attached to an aromatic ring is 1. The molecule has 3 rings (SSSR count). The minimum Gasteiger partial charge on any atom is -0.398 e. The van der Waals surface area contributed by atoms with Crippen LogP contribution in [0.4, 0.5) is 5.69 Å². The number of hydrogen-bond donors (Lipinski definition) is 1. The number of aromatic nitrogens is 1. The van der Waals surface area contributed by atoms with Crippen LogP contribution in [0.1, 0.15) is 37.7 Å². The van der Waals surface area contributed by atoms with Gasteiger partial charge in [0.25, 0.3) is 0 Å². The van der Waals surface area contributed by atoms with Gasteiger partial charge in [-0.1, -0.05) is 25.3 Å². The maximum Gasteiger partial charge on any atom is 0.0767 e. The first-order valence-corrected chi connectivity index (χ1v) is 8.04. The summed E-state index contributed by atoms with van der Waals surface area (Å²) in [5, 5.41) is 1.07.